The Morgan fingerprint density at radius 3 is 2.87 bits per heavy atom. The van der Waals surface area contributed by atoms with Crippen LogP contribution >= 0.6 is 11.6 Å². The van der Waals surface area contributed by atoms with Crippen molar-refractivity contribution < 1.29 is 5.11 Å². The van der Waals surface area contributed by atoms with Gasteiger partial charge in [-0.25, -0.2) is 0 Å². The fourth-order valence-electron chi connectivity index (χ4n) is 2.02. The minimum Gasteiger partial charge on any atom is -0.384 e. The summed E-state index contributed by atoms with van der Waals surface area (Å²) in [5, 5.41) is 14.4. The van der Waals surface area contributed by atoms with E-state index in [0.29, 0.717) is 6.54 Å². The number of aliphatic hydroxyl groups is 1. The van der Waals surface area contributed by atoms with Gasteiger partial charge < -0.3 is 10.4 Å². The molecule has 0 amide bonds. The van der Waals surface area contributed by atoms with Crippen LogP contribution in [0, 0.1) is 6.92 Å². The molecule has 0 bridgehead atoms. The molecule has 2 N–H and O–H groups in total. The third kappa shape index (κ3) is 2.17. The molecule has 1 atom stereocenters. The molecule has 3 heteroatoms. The highest BCUT2D eigenvalue weighted by atomic mass is 35.5. The maximum atomic E-state index is 10.4. The molecule has 1 aliphatic heterocycles. The molecule has 1 aliphatic rings. The van der Waals surface area contributed by atoms with E-state index in [1.807, 2.05) is 25.1 Å². The van der Waals surface area contributed by atoms with Gasteiger partial charge in [0.15, 0.2) is 0 Å². The van der Waals surface area contributed by atoms with Crippen molar-refractivity contribution in [3.63, 3.8) is 0 Å². The Morgan fingerprint density at radius 1 is 1.47 bits per heavy atom. The van der Waals surface area contributed by atoms with Gasteiger partial charge in [0.05, 0.1) is 0 Å². The average Bonchev–Trinajstić information content (AvgIpc) is 2.23. The Labute approximate surface area is 95.3 Å². The van der Waals surface area contributed by atoms with Crippen molar-refractivity contribution in [2.75, 3.05) is 13.1 Å². The number of rotatable bonds is 1. The molecular formula is C12H16ClNO. The van der Waals surface area contributed by atoms with Crippen LogP contribution in [0.4, 0.5) is 0 Å². The summed E-state index contributed by atoms with van der Waals surface area (Å²) in [6.45, 7) is 3.57. The molecule has 1 fully saturated rings. The smallest absolute Gasteiger partial charge is 0.102 e. The molecule has 0 spiro atoms. The van der Waals surface area contributed by atoms with E-state index in [4.69, 9.17) is 11.6 Å². The Hall–Kier alpha value is -0.570. The molecule has 1 unspecified atom stereocenters. The zero-order valence-electron chi connectivity index (χ0n) is 8.89. The zero-order chi connectivity index (χ0) is 10.9. The SMILES string of the molecule is Cc1ccc(C2(O)CCCNC2)cc1Cl. The summed E-state index contributed by atoms with van der Waals surface area (Å²) in [6.07, 6.45) is 1.81. The van der Waals surface area contributed by atoms with Gasteiger partial charge in [0, 0.05) is 11.6 Å². The van der Waals surface area contributed by atoms with E-state index in [1.54, 1.807) is 0 Å². The molecule has 2 rings (SSSR count). The lowest BCUT2D eigenvalue weighted by Crippen LogP contribution is -2.43. The van der Waals surface area contributed by atoms with Gasteiger partial charge in [-0.05, 0) is 43.5 Å². The number of hydrogen-bond donors (Lipinski definition) is 2. The monoisotopic (exact) mass is 225 g/mol. The van der Waals surface area contributed by atoms with Gasteiger partial charge in [-0.2, -0.15) is 0 Å². The first-order valence-electron chi connectivity index (χ1n) is 5.31. The van der Waals surface area contributed by atoms with E-state index in [2.05, 4.69) is 5.32 Å². The van der Waals surface area contributed by atoms with Gasteiger partial charge in [-0.3, -0.25) is 0 Å². The third-order valence-corrected chi connectivity index (χ3v) is 3.48. The number of β-amino-alcohol motifs (C(OH)–C–C–N with tert-alkyl or cyclic N) is 1. The molecule has 82 valence electrons. The summed E-state index contributed by atoms with van der Waals surface area (Å²) < 4.78 is 0. The lowest BCUT2D eigenvalue weighted by Gasteiger charge is -2.33. The van der Waals surface area contributed by atoms with Gasteiger partial charge in [-0.15, -0.1) is 0 Å². The molecule has 0 radical (unpaired) electrons. The number of halogens is 1. The topological polar surface area (TPSA) is 32.3 Å². The molecule has 0 saturated carbocycles. The minimum absolute atomic E-state index is 0.617. The summed E-state index contributed by atoms with van der Waals surface area (Å²) in [5.74, 6) is 0. The van der Waals surface area contributed by atoms with Crippen LogP contribution < -0.4 is 5.32 Å². The first kappa shape index (κ1) is 10.9. The number of benzene rings is 1. The first-order valence-corrected chi connectivity index (χ1v) is 5.69. The largest absolute Gasteiger partial charge is 0.384 e. The molecule has 1 aromatic rings. The van der Waals surface area contributed by atoms with E-state index in [9.17, 15) is 5.11 Å². The Bertz CT molecular complexity index is 359. The molecule has 0 aromatic heterocycles. The van der Waals surface area contributed by atoms with Crippen molar-refractivity contribution in [1.29, 1.82) is 0 Å². The summed E-state index contributed by atoms with van der Waals surface area (Å²) >= 11 is 6.06. The summed E-state index contributed by atoms with van der Waals surface area (Å²) in [5.41, 5.74) is 1.23. The second-order valence-electron chi connectivity index (χ2n) is 4.28. The van der Waals surface area contributed by atoms with Crippen LogP contribution in [0.3, 0.4) is 0 Å². The highest BCUT2D eigenvalue weighted by molar-refractivity contribution is 6.31. The molecule has 1 aromatic carbocycles. The fraction of sp³-hybridized carbons (Fsp3) is 0.500. The normalized spacial score (nSPS) is 26.6. The van der Waals surface area contributed by atoms with Crippen LogP contribution in [0.5, 0.6) is 0 Å². The van der Waals surface area contributed by atoms with Crippen LogP contribution in [0.2, 0.25) is 5.02 Å². The van der Waals surface area contributed by atoms with Gasteiger partial charge in [0.1, 0.15) is 5.60 Å². The molecule has 2 nitrogen and oxygen atoms in total. The number of nitrogens with one attached hydrogen (secondary N) is 1. The second kappa shape index (κ2) is 4.12. The number of hydrogen-bond acceptors (Lipinski definition) is 2. The fourth-order valence-corrected chi connectivity index (χ4v) is 2.20. The van der Waals surface area contributed by atoms with Crippen LogP contribution in [0.1, 0.15) is 24.0 Å². The van der Waals surface area contributed by atoms with Gasteiger partial charge in [-0.1, -0.05) is 23.7 Å². The first-order chi connectivity index (χ1) is 7.12. The van der Waals surface area contributed by atoms with Crippen LogP contribution in [-0.4, -0.2) is 18.2 Å². The zero-order valence-corrected chi connectivity index (χ0v) is 9.64. The number of piperidine rings is 1. The predicted octanol–water partition coefficient (Wildman–Crippen LogP) is 2.22. The Kier molecular flexibility index (Phi) is 3.01. The van der Waals surface area contributed by atoms with Crippen molar-refractivity contribution in [3.8, 4) is 0 Å². The van der Waals surface area contributed by atoms with E-state index < -0.39 is 5.60 Å². The van der Waals surface area contributed by atoms with E-state index in [1.165, 1.54) is 0 Å². The van der Waals surface area contributed by atoms with Gasteiger partial charge in [0.2, 0.25) is 0 Å². The lowest BCUT2D eigenvalue weighted by molar-refractivity contribution is 0.0123. The lowest BCUT2D eigenvalue weighted by atomic mass is 9.86. The van der Waals surface area contributed by atoms with Crippen molar-refractivity contribution in [2.45, 2.75) is 25.4 Å². The van der Waals surface area contributed by atoms with E-state index in [-0.39, 0.29) is 0 Å². The highest BCUT2D eigenvalue weighted by Crippen LogP contribution is 2.30. The Morgan fingerprint density at radius 2 is 2.27 bits per heavy atom. The summed E-state index contributed by atoms with van der Waals surface area (Å²) in [6, 6.07) is 5.81. The second-order valence-corrected chi connectivity index (χ2v) is 4.68. The quantitative estimate of drug-likeness (QED) is 0.768. The van der Waals surface area contributed by atoms with Crippen LogP contribution in [0.25, 0.3) is 0 Å². The summed E-state index contributed by atoms with van der Waals surface area (Å²) in [7, 11) is 0. The van der Waals surface area contributed by atoms with E-state index in [0.717, 1.165) is 35.5 Å². The molecule has 15 heavy (non-hydrogen) atoms. The highest BCUT2D eigenvalue weighted by Gasteiger charge is 2.31. The molecule has 1 saturated heterocycles. The molecule has 0 aliphatic carbocycles. The van der Waals surface area contributed by atoms with Crippen molar-refractivity contribution in [3.05, 3.63) is 34.3 Å². The number of aryl methyl sites for hydroxylation is 1. The average molecular weight is 226 g/mol. The van der Waals surface area contributed by atoms with Crippen molar-refractivity contribution in [1.82, 2.24) is 5.32 Å². The summed E-state index contributed by atoms with van der Waals surface area (Å²) in [4.78, 5) is 0. The van der Waals surface area contributed by atoms with Crippen LogP contribution in [0.15, 0.2) is 18.2 Å². The molecule has 1 heterocycles. The minimum atomic E-state index is -0.740. The van der Waals surface area contributed by atoms with Crippen molar-refractivity contribution >= 4 is 11.6 Å². The predicted molar refractivity (Wildman–Crippen MR) is 62.2 cm³/mol. The third-order valence-electron chi connectivity index (χ3n) is 3.07. The van der Waals surface area contributed by atoms with Crippen molar-refractivity contribution in [2.24, 2.45) is 0 Å². The van der Waals surface area contributed by atoms with E-state index >= 15 is 0 Å². The maximum absolute atomic E-state index is 10.4. The Balaban J connectivity index is 2.31. The van der Waals surface area contributed by atoms with Gasteiger partial charge in [0.25, 0.3) is 0 Å². The van der Waals surface area contributed by atoms with Gasteiger partial charge >= 0.3 is 0 Å². The maximum Gasteiger partial charge on any atom is 0.102 e. The van der Waals surface area contributed by atoms with Crippen LogP contribution in [-0.2, 0) is 5.60 Å². The molecular weight excluding hydrogens is 210 g/mol. The standard InChI is InChI=1S/C12H16ClNO/c1-9-3-4-10(7-11(9)13)12(15)5-2-6-14-8-12/h3-4,7,14-15H,2,5-6,8H2,1H3.